The Bertz CT molecular complexity index is 859. The number of benzene rings is 1. The van der Waals surface area contributed by atoms with Gasteiger partial charge in [0.15, 0.2) is 0 Å². The van der Waals surface area contributed by atoms with E-state index < -0.39 is 6.43 Å². The molecule has 26 heavy (non-hydrogen) atoms. The van der Waals surface area contributed by atoms with Crippen LogP contribution >= 0.6 is 0 Å². The van der Waals surface area contributed by atoms with Crippen LogP contribution in [0.3, 0.4) is 0 Å². The SMILES string of the molecule is Cc1cc(CNCc2nccc(C(F)F)n2)ccc1Oc1cccnc1. The molecule has 0 aliphatic carbocycles. The maximum absolute atomic E-state index is 12.6. The number of nitrogens with one attached hydrogen (secondary N) is 1. The smallest absolute Gasteiger partial charge is 0.280 e. The lowest BCUT2D eigenvalue weighted by atomic mass is 10.1. The van der Waals surface area contributed by atoms with Crippen LogP contribution in [0.5, 0.6) is 11.5 Å². The van der Waals surface area contributed by atoms with Crippen LogP contribution in [0.1, 0.15) is 29.1 Å². The van der Waals surface area contributed by atoms with Crippen LogP contribution in [0, 0.1) is 6.92 Å². The van der Waals surface area contributed by atoms with Crippen LogP contribution in [0.25, 0.3) is 0 Å². The third-order valence-electron chi connectivity index (χ3n) is 3.66. The van der Waals surface area contributed by atoms with Gasteiger partial charge in [-0.2, -0.15) is 0 Å². The highest BCUT2D eigenvalue weighted by Gasteiger charge is 2.09. The predicted octanol–water partition coefficient (Wildman–Crippen LogP) is 4.20. The molecule has 2 heterocycles. The molecule has 3 rings (SSSR count). The number of nitrogens with zero attached hydrogens (tertiary/aromatic N) is 3. The molecule has 0 amide bonds. The Morgan fingerprint density at radius 3 is 2.73 bits per heavy atom. The van der Waals surface area contributed by atoms with Gasteiger partial charge >= 0.3 is 0 Å². The molecule has 0 atom stereocenters. The van der Waals surface area contributed by atoms with Gasteiger partial charge in [0.1, 0.15) is 23.0 Å². The van der Waals surface area contributed by atoms with E-state index in [1.807, 2.05) is 37.3 Å². The second-order valence-electron chi connectivity index (χ2n) is 5.69. The van der Waals surface area contributed by atoms with Crippen LogP contribution < -0.4 is 10.1 Å². The fourth-order valence-electron chi connectivity index (χ4n) is 2.41. The van der Waals surface area contributed by atoms with E-state index >= 15 is 0 Å². The quantitative estimate of drug-likeness (QED) is 0.687. The average Bonchev–Trinajstić information content (AvgIpc) is 2.65. The van der Waals surface area contributed by atoms with Crippen LogP contribution in [0.15, 0.2) is 55.0 Å². The van der Waals surface area contributed by atoms with Crippen molar-refractivity contribution in [2.45, 2.75) is 26.4 Å². The van der Waals surface area contributed by atoms with Gasteiger partial charge in [-0.3, -0.25) is 4.98 Å². The molecule has 0 aliphatic heterocycles. The van der Waals surface area contributed by atoms with Gasteiger partial charge in [0.25, 0.3) is 6.43 Å². The Hall–Kier alpha value is -2.93. The van der Waals surface area contributed by atoms with Crippen LogP contribution in [0.4, 0.5) is 8.78 Å². The van der Waals surface area contributed by atoms with Crippen molar-refractivity contribution in [1.29, 1.82) is 0 Å². The number of hydrogen-bond donors (Lipinski definition) is 1. The van der Waals surface area contributed by atoms with Gasteiger partial charge in [0, 0.05) is 18.9 Å². The Morgan fingerprint density at radius 1 is 1.12 bits per heavy atom. The lowest BCUT2D eigenvalue weighted by molar-refractivity contribution is 0.145. The molecule has 0 spiro atoms. The zero-order valence-corrected chi connectivity index (χ0v) is 14.2. The van der Waals surface area contributed by atoms with Crippen molar-refractivity contribution in [3.8, 4) is 11.5 Å². The molecule has 3 aromatic rings. The first kappa shape index (κ1) is 17.9. The van der Waals surface area contributed by atoms with E-state index in [-0.39, 0.29) is 5.69 Å². The summed E-state index contributed by atoms with van der Waals surface area (Å²) in [5.41, 5.74) is 1.78. The Morgan fingerprint density at radius 2 is 2.00 bits per heavy atom. The Balaban J connectivity index is 1.57. The highest BCUT2D eigenvalue weighted by Crippen LogP contribution is 2.25. The number of alkyl halides is 2. The van der Waals surface area contributed by atoms with Gasteiger partial charge in [-0.1, -0.05) is 12.1 Å². The van der Waals surface area contributed by atoms with E-state index in [4.69, 9.17) is 4.74 Å². The van der Waals surface area contributed by atoms with Crippen LogP contribution in [-0.2, 0) is 13.1 Å². The van der Waals surface area contributed by atoms with Gasteiger partial charge in [0.2, 0.25) is 0 Å². The zero-order valence-electron chi connectivity index (χ0n) is 14.2. The summed E-state index contributed by atoms with van der Waals surface area (Å²) in [5, 5.41) is 3.16. The molecule has 5 nitrogen and oxygen atoms in total. The standard InChI is InChI=1S/C19H18F2N4O/c1-13-9-14(4-5-17(13)26-15-3-2-7-22-11-15)10-23-12-18-24-8-6-16(25-18)19(20)21/h2-9,11,19,23H,10,12H2,1H3. The molecule has 0 bridgehead atoms. The second kappa shape index (κ2) is 8.44. The minimum absolute atomic E-state index is 0.260. The van der Waals surface area contributed by atoms with Gasteiger partial charge in [-0.05, 0) is 42.3 Å². The number of pyridine rings is 1. The number of aryl methyl sites for hydroxylation is 1. The number of aromatic nitrogens is 3. The van der Waals surface area contributed by atoms with Crippen molar-refractivity contribution in [3.63, 3.8) is 0 Å². The van der Waals surface area contributed by atoms with Crippen molar-refractivity contribution in [1.82, 2.24) is 20.3 Å². The fourth-order valence-corrected chi connectivity index (χ4v) is 2.41. The van der Waals surface area contributed by atoms with E-state index in [1.54, 1.807) is 12.4 Å². The van der Waals surface area contributed by atoms with E-state index in [9.17, 15) is 8.78 Å². The van der Waals surface area contributed by atoms with Gasteiger partial charge in [0.05, 0.1) is 12.7 Å². The highest BCUT2D eigenvalue weighted by atomic mass is 19.3. The van der Waals surface area contributed by atoms with E-state index in [0.717, 1.165) is 16.9 Å². The first-order chi connectivity index (χ1) is 12.6. The first-order valence-electron chi connectivity index (χ1n) is 8.10. The van der Waals surface area contributed by atoms with E-state index in [0.29, 0.717) is 24.7 Å². The molecule has 0 saturated carbocycles. The fraction of sp³-hybridized carbons (Fsp3) is 0.211. The predicted molar refractivity (Wildman–Crippen MR) is 93.0 cm³/mol. The molecule has 1 aromatic carbocycles. The molecule has 134 valence electrons. The molecule has 0 fully saturated rings. The maximum atomic E-state index is 12.6. The molecule has 0 unspecified atom stereocenters. The molecule has 7 heteroatoms. The molecule has 1 N–H and O–H groups in total. The van der Waals surface area contributed by atoms with Gasteiger partial charge in [-0.25, -0.2) is 18.7 Å². The lowest BCUT2D eigenvalue weighted by Gasteiger charge is -2.11. The third-order valence-corrected chi connectivity index (χ3v) is 3.66. The minimum Gasteiger partial charge on any atom is -0.455 e. The number of rotatable bonds is 7. The van der Waals surface area contributed by atoms with Crippen LogP contribution in [-0.4, -0.2) is 15.0 Å². The molecule has 0 radical (unpaired) electrons. The number of halogens is 2. The lowest BCUT2D eigenvalue weighted by Crippen LogP contribution is -2.15. The van der Waals surface area contributed by atoms with Crippen LogP contribution in [0.2, 0.25) is 0 Å². The zero-order chi connectivity index (χ0) is 18.4. The molecule has 2 aromatic heterocycles. The van der Waals surface area contributed by atoms with Crippen molar-refractivity contribution in [2.24, 2.45) is 0 Å². The summed E-state index contributed by atoms with van der Waals surface area (Å²) in [5.74, 6) is 1.78. The largest absolute Gasteiger partial charge is 0.455 e. The Kier molecular flexibility index (Phi) is 5.80. The summed E-state index contributed by atoms with van der Waals surface area (Å²) in [6, 6.07) is 10.7. The van der Waals surface area contributed by atoms with Gasteiger partial charge in [-0.15, -0.1) is 0 Å². The summed E-state index contributed by atoms with van der Waals surface area (Å²) in [6.07, 6.45) is 2.10. The minimum atomic E-state index is -2.59. The monoisotopic (exact) mass is 356 g/mol. The average molecular weight is 356 g/mol. The third kappa shape index (κ3) is 4.80. The van der Waals surface area contributed by atoms with E-state index in [2.05, 4.69) is 20.3 Å². The summed E-state index contributed by atoms with van der Waals surface area (Å²) in [6.45, 7) is 2.84. The first-order valence-corrected chi connectivity index (χ1v) is 8.10. The topological polar surface area (TPSA) is 59.9 Å². The van der Waals surface area contributed by atoms with Crippen molar-refractivity contribution in [3.05, 3.63) is 77.6 Å². The van der Waals surface area contributed by atoms with E-state index in [1.165, 1.54) is 12.3 Å². The molecular weight excluding hydrogens is 338 g/mol. The summed E-state index contributed by atoms with van der Waals surface area (Å²) in [4.78, 5) is 11.9. The summed E-state index contributed by atoms with van der Waals surface area (Å²) in [7, 11) is 0. The maximum Gasteiger partial charge on any atom is 0.280 e. The number of ether oxygens (including phenoxy) is 1. The van der Waals surface area contributed by atoms with Crippen molar-refractivity contribution >= 4 is 0 Å². The second-order valence-corrected chi connectivity index (χ2v) is 5.69. The summed E-state index contributed by atoms with van der Waals surface area (Å²) < 4.78 is 31.1. The van der Waals surface area contributed by atoms with Crippen molar-refractivity contribution < 1.29 is 13.5 Å². The molecular formula is C19H18F2N4O. The highest BCUT2D eigenvalue weighted by molar-refractivity contribution is 5.39. The van der Waals surface area contributed by atoms with Crippen molar-refractivity contribution in [2.75, 3.05) is 0 Å². The Labute approximate surface area is 150 Å². The van der Waals surface area contributed by atoms with Gasteiger partial charge < -0.3 is 10.1 Å². The molecule has 0 aliphatic rings. The molecule has 0 saturated heterocycles. The summed E-state index contributed by atoms with van der Waals surface area (Å²) >= 11 is 0. The number of hydrogen-bond acceptors (Lipinski definition) is 5. The normalized spacial score (nSPS) is 10.9.